The maximum atomic E-state index is 12.7. The van der Waals surface area contributed by atoms with Crippen LogP contribution in [-0.4, -0.2) is 46.7 Å². The van der Waals surface area contributed by atoms with Crippen LogP contribution in [0, 0.1) is 0 Å². The summed E-state index contributed by atoms with van der Waals surface area (Å²) in [7, 11) is 0. The lowest BCUT2D eigenvalue weighted by Crippen LogP contribution is -2.46. The molecule has 2 aliphatic rings. The van der Waals surface area contributed by atoms with Gasteiger partial charge in [0.25, 0.3) is 0 Å². The van der Waals surface area contributed by atoms with Gasteiger partial charge in [0.15, 0.2) is 0 Å². The molecule has 2 aliphatic heterocycles. The van der Waals surface area contributed by atoms with Crippen molar-refractivity contribution in [2.75, 3.05) is 31.1 Å². The number of aryl methyl sites for hydroxylation is 2. The maximum absolute atomic E-state index is 12.7. The lowest BCUT2D eigenvalue weighted by Gasteiger charge is -2.38. The monoisotopic (exact) mass is 403 g/mol. The molecule has 1 N–H and O–H groups in total. The maximum Gasteiger partial charge on any atom is 0.341 e. The Bertz CT molecular complexity index is 1160. The third-order valence-corrected chi connectivity index (χ3v) is 6.34. The van der Waals surface area contributed by atoms with Crippen LogP contribution in [0.4, 0.5) is 5.69 Å². The fraction of sp³-hybridized carbons (Fsp3) is 0.333. The zero-order chi connectivity index (χ0) is 20.7. The molecule has 0 saturated carbocycles. The number of piperazine rings is 1. The van der Waals surface area contributed by atoms with E-state index in [0.717, 1.165) is 57.6 Å². The van der Waals surface area contributed by atoms with Gasteiger partial charge in [0.05, 0.1) is 5.52 Å². The highest BCUT2D eigenvalue weighted by Crippen LogP contribution is 2.33. The molecule has 5 rings (SSSR count). The van der Waals surface area contributed by atoms with Crippen LogP contribution in [-0.2, 0) is 19.5 Å². The summed E-state index contributed by atoms with van der Waals surface area (Å²) in [5.41, 5.74) is 4.11. The lowest BCUT2D eigenvalue weighted by molar-refractivity contribution is 0.0694. The van der Waals surface area contributed by atoms with Crippen molar-refractivity contribution in [2.24, 2.45) is 0 Å². The van der Waals surface area contributed by atoms with Gasteiger partial charge in [0, 0.05) is 56.5 Å². The number of carboxylic acids is 1. The van der Waals surface area contributed by atoms with Crippen LogP contribution < -0.4 is 10.3 Å². The topological polar surface area (TPSA) is 65.8 Å². The third kappa shape index (κ3) is 3.27. The fourth-order valence-electron chi connectivity index (χ4n) is 4.85. The molecule has 1 fully saturated rings. The zero-order valence-corrected chi connectivity index (χ0v) is 16.9. The Morgan fingerprint density at radius 2 is 1.73 bits per heavy atom. The van der Waals surface area contributed by atoms with Crippen LogP contribution in [0.2, 0.25) is 0 Å². The van der Waals surface area contributed by atoms with Gasteiger partial charge in [0.2, 0.25) is 5.43 Å². The van der Waals surface area contributed by atoms with Gasteiger partial charge in [-0.3, -0.25) is 9.69 Å². The number of benzene rings is 2. The Labute approximate surface area is 175 Å². The van der Waals surface area contributed by atoms with E-state index in [1.807, 2.05) is 22.8 Å². The number of pyridine rings is 1. The lowest BCUT2D eigenvalue weighted by atomic mass is 9.97. The molecule has 6 heteroatoms. The molecule has 6 nitrogen and oxygen atoms in total. The van der Waals surface area contributed by atoms with Crippen LogP contribution in [0.3, 0.4) is 0 Å². The number of carboxylic acid groups (broad SMARTS) is 1. The minimum atomic E-state index is -1.16. The molecule has 3 aromatic rings. The molecular formula is C24H25N3O3. The van der Waals surface area contributed by atoms with E-state index in [4.69, 9.17) is 0 Å². The SMILES string of the molecule is O=C(O)c1cn2c3c(c(N4CCN(Cc5ccccc5)CC4)ccc3c1=O)CCC2. The number of carbonyl (C=O) groups is 1. The van der Waals surface area contributed by atoms with E-state index >= 15 is 0 Å². The largest absolute Gasteiger partial charge is 0.477 e. The second-order valence-corrected chi connectivity index (χ2v) is 8.18. The summed E-state index contributed by atoms with van der Waals surface area (Å²) in [6.45, 7) is 5.61. The van der Waals surface area contributed by atoms with Crippen molar-refractivity contribution in [3.05, 3.63) is 75.6 Å². The fourth-order valence-corrected chi connectivity index (χ4v) is 4.85. The number of anilines is 1. The average Bonchev–Trinajstić information content (AvgIpc) is 2.77. The van der Waals surface area contributed by atoms with Crippen LogP contribution >= 0.6 is 0 Å². The first kappa shape index (κ1) is 18.9. The number of hydrogen-bond donors (Lipinski definition) is 1. The molecule has 0 spiro atoms. The van der Waals surface area contributed by atoms with Crippen molar-refractivity contribution in [3.8, 4) is 0 Å². The summed E-state index contributed by atoms with van der Waals surface area (Å²) < 4.78 is 1.97. The molecule has 2 aromatic carbocycles. The van der Waals surface area contributed by atoms with Crippen molar-refractivity contribution in [1.29, 1.82) is 0 Å². The predicted octanol–water partition coefficient (Wildman–Crippen LogP) is 2.97. The highest BCUT2D eigenvalue weighted by molar-refractivity contribution is 5.95. The van der Waals surface area contributed by atoms with Crippen LogP contribution in [0.25, 0.3) is 10.9 Å². The first-order chi connectivity index (χ1) is 14.6. The van der Waals surface area contributed by atoms with Gasteiger partial charge < -0.3 is 14.6 Å². The Kier molecular flexibility index (Phi) is 4.79. The number of nitrogens with zero attached hydrogens (tertiary/aromatic N) is 3. The molecule has 0 bridgehead atoms. The third-order valence-electron chi connectivity index (χ3n) is 6.34. The van der Waals surface area contributed by atoms with E-state index in [1.54, 1.807) is 0 Å². The highest BCUT2D eigenvalue weighted by atomic mass is 16.4. The molecular weight excluding hydrogens is 378 g/mol. The number of aromatic carboxylic acids is 1. The summed E-state index contributed by atoms with van der Waals surface area (Å²) >= 11 is 0. The van der Waals surface area contributed by atoms with Gasteiger partial charge in [-0.15, -0.1) is 0 Å². The van der Waals surface area contributed by atoms with Crippen molar-refractivity contribution >= 4 is 22.6 Å². The summed E-state index contributed by atoms with van der Waals surface area (Å²) in [6, 6.07) is 14.4. The molecule has 0 amide bonds. The highest BCUT2D eigenvalue weighted by Gasteiger charge is 2.25. The summed E-state index contributed by atoms with van der Waals surface area (Å²) in [5, 5.41) is 9.92. The van der Waals surface area contributed by atoms with Crippen molar-refractivity contribution in [3.63, 3.8) is 0 Å². The molecule has 154 valence electrons. The minimum absolute atomic E-state index is 0.141. The Hall–Kier alpha value is -3.12. The van der Waals surface area contributed by atoms with Gasteiger partial charge in [-0.1, -0.05) is 30.3 Å². The molecule has 30 heavy (non-hydrogen) atoms. The van der Waals surface area contributed by atoms with Crippen molar-refractivity contribution < 1.29 is 9.90 Å². The van der Waals surface area contributed by atoms with Crippen molar-refractivity contribution in [2.45, 2.75) is 25.9 Å². The molecule has 1 aromatic heterocycles. The van der Waals surface area contributed by atoms with Crippen LogP contribution in [0.15, 0.2) is 53.5 Å². The van der Waals surface area contributed by atoms with Crippen LogP contribution in [0.1, 0.15) is 27.9 Å². The van der Waals surface area contributed by atoms with Crippen LogP contribution in [0.5, 0.6) is 0 Å². The van der Waals surface area contributed by atoms with E-state index in [0.29, 0.717) is 5.39 Å². The van der Waals surface area contributed by atoms with E-state index < -0.39 is 5.97 Å². The molecule has 0 aliphatic carbocycles. The minimum Gasteiger partial charge on any atom is -0.477 e. The first-order valence-electron chi connectivity index (χ1n) is 10.6. The molecule has 0 radical (unpaired) electrons. The number of hydrogen-bond acceptors (Lipinski definition) is 4. The molecule has 0 atom stereocenters. The van der Waals surface area contributed by atoms with Gasteiger partial charge in [-0.25, -0.2) is 4.79 Å². The van der Waals surface area contributed by atoms with Crippen molar-refractivity contribution in [1.82, 2.24) is 9.47 Å². The smallest absolute Gasteiger partial charge is 0.341 e. The Balaban J connectivity index is 1.44. The summed E-state index contributed by atoms with van der Waals surface area (Å²) in [4.78, 5) is 29.1. The normalized spacial score (nSPS) is 16.7. The molecule has 1 saturated heterocycles. The molecule has 0 unspecified atom stereocenters. The van der Waals surface area contributed by atoms with E-state index in [-0.39, 0.29) is 11.0 Å². The Morgan fingerprint density at radius 3 is 2.47 bits per heavy atom. The van der Waals surface area contributed by atoms with E-state index in [9.17, 15) is 14.7 Å². The predicted molar refractivity (Wildman–Crippen MR) is 117 cm³/mol. The number of rotatable bonds is 4. The second kappa shape index (κ2) is 7.61. The standard InChI is InChI=1S/C24H25N3O3/c28-23-19-8-9-21(18-7-4-10-27(22(18)19)16-20(23)24(29)30)26-13-11-25(12-14-26)15-17-5-2-1-3-6-17/h1-3,5-6,8-9,16H,4,7,10-15H2,(H,29,30). The number of aromatic nitrogens is 1. The first-order valence-corrected chi connectivity index (χ1v) is 10.6. The van der Waals surface area contributed by atoms with Gasteiger partial charge in [-0.2, -0.15) is 0 Å². The quantitative estimate of drug-likeness (QED) is 0.726. The van der Waals surface area contributed by atoms with Gasteiger partial charge in [-0.05, 0) is 36.1 Å². The zero-order valence-electron chi connectivity index (χ0n) is 16.9. The Morgan fingerprint density at radius 1 is 0.967 bits per heavy atom. The summed E-state index contributed by atoms with van der Waals surface area (Å²) in [6.07, 6.45) is 3.40. The molecule has 3 heterocycles. The van der Waals surface area contributed by atoms with Gasteiger partial charge >= 0.3 is 5.97 Å². The second-order valence-electron chi connectivity index (χ2n) is 8.18. The average molecular weight is 403 g/mol. The van der Waals surface area contributed by atoms with E-state index in [2.05, 4.69) is 34.1 Å². The van der Waals surface area contributed by atoms with E-state index in [1.165, 1.54) is 23.0 Å². The summed E-state index contributed by atoms with van der Waals surface area (Å²) in [5.74, 6) is -1.16. The van der Waals surface area contributed by atoms with Gasteiger partial charge in [0.1, 0.15) is 5.56 Å².